The summed E-state index contributed by atoms with van der Waals surface area (Å²) >= 11 is 0. The third-order valence-corrected chi connectivity index (χ3v) is 7.78. The molecular weight excluding hydrogens is 316 g/mol. The van der Waals surface area contributed by atoms with E-state index in [1.54, 1.807) is 0 Å². The van der Waals surface area contributed by atoms with Gasteiger partial charge in [-0.1, -0.05) is 6.42 Å². The molecule has 2 atom stereocenters. The van der Waals surface area contributed by atoms with Gasteiger partial charge in [-0.25, -0.2) is 0 Å². The lowest BCUT2D eigenvalue weighted by Gasteiger charge is -2.36. The minimum Gasteiger partial charge on any atom is -0.303 e. The molecule has 148 valence electrons. The Morgan fingerprint density at radius 1 is 0.385 bits per heavy atom. The van der Waals surface area contributed by atoms with Gasteiger partial charge in [-0.05, 0) is 106 Å². The van der Waals surface area contributed by atoms with Gasteiger partial charge in [0, 0.05) is 39.3 Å². The van der Waals surface area contributed by atoms with Crippen molar-refractivity contribution in [2.75, 3.05) is 39.3 Å². The largest absolute Gasteiger partial charge is 0.303 e. The van der Waals surface area contributed by atoms with E-state index in [1.165, 1.54) is 116 Å². The fraction of sp³-hybridized carbons (Fsp3) is 1.00. The highest BCUT2D eigenvalue weighted by Gasteiger charge is 2.33. The van der Waals surface area contributed by atoms with Gasteiger partial charge < -0.3 is 9.80 Å². The van der Waals surface area contributed by atoms with Crippen LogP contribution in [0.2, 0.25) is 0 Å². The summed E-state index contributed by atoms with van der Waals surface area (Å²) in [6.07, 6.45) is 18.2. The molecule has 2 unspecified atom stereocenters. The number of rotatable bonds is 12. The van der Waals surface area contributed by atoms with E-state index in [9.17, 15) is 0 Å². The third kappa shape index (κ3) is 5.96. The molecule has 0 aromatic heterocycles. The van der Waals surface area contributed by atoms with Crippen LogP contribution in [0.3, 0.4) is 0 Å². The summed E-state index contributed by atoms with van der Waals surface area (Å²) < 4.78 is 0. The highest BCUT2D eigenvalue weighted by molar-refractivity contribution is 4.87. The van der Waals surface area contributed by atoms with Crippen LogP contribution in [-0.2, 0) is 0 Å². The van der Waals surface area contributed by atoms with Gasteiger partial charge in [-0.3, -0.25) is 0 Å². The highest BCUT2D eigenvalue weighted by atomic mass is 15.1. The van der Waals surface area contributed by atoms with Crippen molar-refractivity contribution in [3.05, 3.63) is 0 Å². The second-order valence-electron chi connectivity index (χ2n) is 11.1. The molecule has 0 bridgehead atoms. The summed E-state index contributed by atoms with van der Waals surface area (Å²) in [6.45, 7) is 8.63. The lowest BCUT2D eigenvalue weighted by Crippen LogP contribution is -2.38. The number of hydrogen-bond acceptors (Lipinski definition) is 2. The standard InChI is InChI=1S/C24H42N2/c1-2-23(17-25(13-19-4-5-19)14-20-6-7-20)12-24(3-1)18-26(15-21-8-9-21)16-22-10-11-22/h19-24H,1-18H2. The van der Waals surface area contributed by atoms with Crippen LogP contribution in [0.5, 0.6) is 0 Å². The van der Waals surface area contributed by atoms with Crippen molar-refractivity contribution in [1.29, 1.82) is 0 Å². The van der Waals surface area contributed by atoms with E-state index < -0.39 is 0 Å². The Kier molecular flexibility index (Phi) is 5.61. The minimum absolute atomic E-state index is 1.01. The van der Waals surface area contributed by atoms with Crippen molar-refractivity contribution >= 4 is 0 Å². The zero-order valence-corrected chi connectivity index (χ0v) is 17.1. The predicted octanol–water partition coefficient (Wildman–Crippen LogP) is 5.04. The molecule has 5 saturated carbocycles. The van der Waals surface area contributed by atoms with Crippen LogP contribution in [0.4, 0.5) is 0 Å². The van der Waals surface area contributed by atoms with Gasteiger partial charge in [0.25, 0.3) is 0 Å². The zero-order valence-electron chi connectivity index (χ0n) is 17.1. The molecule has 0 amide bonds. The molecule has 0 saturated heterocycles. The summed E-state index contributed by atoms with van der Waals surface area (Å²) in [5, 5.41) is 0. The van der Waals surface area contributed by atoms with Crippen molar-refractivity contribution in [2.45, 2.75) is 77.0 Å². The molecule has 0 N–H and O–H groups in total. The van der Waals surface area contributed by atoms with Crippen LogP contribution in [0, 0.1) is 35.5 Å². The third-order valence-electron chi connectivity index (χ3n) is 7.78. The molecule has 0 aromatic carbocycles. The van der Waals surface area contributed by atoms with E-state index in [0.717, 1.165) is 35.5 Å². The monoisotopic (exact) mass is 358 g/mol. The molecule has 5 aliphatic rings. The van der Waals surface area contributed by atoms with Crippen molar-refractivity contribution in [1.82, 2.24) is 9.80 Å². The maximum atomic E-state index is 2.91. The molecule has 2 heteroatoms. The number of hydrogen-bond donors (Lipinski definition) is 0. The van der Waals surface area contributed by atoms with Crippen molar-refractivity contribution in [2.24, 2.45) is 35.5 Å². The SMILES string of the molecule is C1CC(CN(CC2CC2)CC2CC2)CC(CN(CC2CC2)CC2CC2)C1. The van der Waals surface area contributed by atoms with Crippen LogP contribution in [0.25, 0.3) is 0 Å². The van der Waals surface area contributed by atoms with Crippen molar-refractivity contribution in [3.8, 4) is 0 Å². The molecule has 0 heterocycles. The highest BCUT2D eigenvalue weighted by Crippen LogP contribution is 2.38. The summed E-state index contributed by atoms with van der Waals surface area (Å²) in [4.78, 5) is 5.82. The summed E-state index contributed by atoms with van der Waals surface area (Å²) in [6, 6.07) is 0. The van der Waals surface area contributed by atoms with Crippen LogP contribution < -0.4 is 0 Å². The summed E-state index contributed by atoms with van der Waals surface area (Å²) in [5.74, 6) is 6.30. The predicted molar refractivity (Wildman–Crippen MR) is 109 cm³/mol. The molecule has 2 nitrogen and oxygen atoms in total. The van der Waals surface area contributed by atoms with Crippen LogP contribution in [-0.4, -0.2) is 49.1 Å². The summed E-state index contributed by atoms with van der Waals surface area (Å²) in [7, 11) is 0. The Morgan fingerprint density at radius 3 is 1.00 bits per heavy atom. The maximum Gasteiger partial charge on any atom is 0.001000 e. The van der Waals surface area contributed by atoms with Crippen LogP contribution in [0.15, 0.2) is 0 Å². The fourth-order valence-electron chi connectivity index (χ4n) is 5.57. The average Bonchev–Trinajstić information content (AvgIpc) is 3.40. The zero-order chi connectivity index (χ0) is 17.3. The second kappa shape index (κ2) is 8.11. The Balaban J connectivity index is 1.10. The lowest BCUT2D eigenvalue weighted by molar-refractivity contribution is 0.133. The first-order valence-electron chi connectivity index (χ1n) is 12.2. The van der Waals surface area contributed by atoms with Crippen molar-refractivity contribution in [3.63, 3.8) is 0 Å². The normalized spacial score (nSPS) is 32.5. The molecule has 5 fully saturated rings. The molecule has 0 aromatic rings. The van der Waals surface area contributed by atoms with Gasteiger partial charge in [-0.2, -0.15) is 0 Å². The van der Waals surface area contributed by atoms with Crippen molar-refractivity contribution < 1.29 is 0 Å². The first-order valence-corrected chi connectivity index (χ1v) is 12.2. The van der Waals surface area contributed by atoms with Gasteiger partial charge in [0.2, 0.25) is 0 Å². The molecule has 5 rings (SSSR count). The first-order chi connectivity index (χ1) is 12.8. The molecule has 5 aliphatic carbocycles. The molecular formula is C24H42N2. The second-order valence-corrected chi connectivity index (χ2v) is 11.1. The van der Waals surface area contributed by atoms with E-state index in [0.29, 0.717) is 0 Å². The van der Waals surface area contributed by atoms with E-state index in [4.69, 9.17) is 0 Å². The topological polar surface area (TPSA) is 6.48 Å². The quantitative estimate of drug-likeness (QED) is 0.482. The van der Waals surface area contributed by atoms with E-state index in [1.807, 2.05) is 0 Å². The van der Waals surface area contributed by atoms with Crippen LogP contribution in [0.1, 0.15) is 77.0 Å². The average molecular weight is 359 g/mol. The van der Waals surface area contributed by atoms with E-state index in [-0.39, 0.29) is 0 Å². The number of nitrogens with zero attached hydrogens (tertiary/aromatic N) is 2. The summed E-state index contributed by atoms with van der Waals surface area (Å²) in [5.41, 5.74) is 0. The Hall–Kier alpha value is -0.0800. The molecule has 0 spiro atoms. The minimum atomic E-state index is 1.01. The van der Waals surface area contributed by atoms with E-state index >= 15 is 0 Å². The fourth-order valence-corrected chi connectivity index (χ4v) is 5.57. The van der Waals surface area contributed by atoms with Gasteiger partial charge >= 0.3 is 0 Å². The Labute approximate surface area is 162 Å². The first kappa shape index (κ1) is 18.0. The Bertz CT molecular complexity index is 379. The Morgan fingerprint density at radius 2 is 0.692 bits per heavy atom. The smallest absolute Gasteiger partial charge is 0.001000 e. The van der Waals surface area contributed by atoms with Gasteiger partial charge in [0.15, 0.2) is 0 Å². The molecule has 0 aliphatic heterocycles. The molecule has 0 radical (unpaired) electrons. The van der Waals surface area contributed by atoms with E-state index in [2.05, 4.69) is 9.80 Å². The maximum absolute atomic E-state index is 2.91. The van der Waals surface area contributed by atoms with Crippen LogP contribution >= 0.6 is 0 Å². The van der Waals surface area contributed by atoms with Gasteiger partial charge in [0.1, 0.15) is 0 Å². The molecule has 26 heavy (non-hydrogen) atoms. The lowest BCUT2D eigenvalue weighted by atomic mass is 9.80. The van der Waals surface area contributed by atoms with Gasteiger partial charge in [0.05, 0.1) is 0 Å². The van der Waals surface area contributed by atoms with Gasteiger partial charge in [-0.15, -0.1) is 0 Å².